The first-order valence-corrected chi connectivity index (χ1v) is 11.4. The lowest BCUT2D eigenvalue weighted by molar-refractivity contribution is -0.136. The number of fused-ring (bicyclic) bond motifs is 2. The second-order valence-electron chi connectivity index (χ2n) is 8.39. The summed E-state index contributed by atoms with van der Waals surface area (Å²) in [6.45, 7) is 0.305. The van der Waals surface area contributed by atoms with Crippen molar-refractivity contribution in [2.75, 3.05) is 0 Å². The van der Waals surface area contributed by atoms with Crippen LogP contribution in [0.4, 0.5) is 0 Å². The summed E-state index contributed by atoms with van der Waals surface area (Å²) in [6, 6.07) is 23.7. The number of carboxylic acids is 1. The largest absolute Gasteiger partial charge is 0.481 e. The number of aromatic nitrogens is 2. The quantitative estimate of drug-likeness (QED) is 0.347. The standard InChI is InChI=1S/C28H22N2O3S/c31-25(32)15-18-6-5-7-19(14-18)16-30-17-24(27(34)29-28(30)33)26-22-10-3-1-8-20(22)12-13-21-9-2-4-11-23(21)26/h1-14,17,26H,15-16H2,(H,31,32)(H,29,33,34). The zero-order chi connectivity index (χ0) is 23.7. The van der Waals surface area contributed by atoms with Gasteiger partial charge in [0.2, 0.25) is 0 Å². The van der Waals surface area contributed by atoms with E-state index in [4.69, 9.17) is 17.3 Å². The maximum Gasteiger partial charge on any atom is 0.326 e. The highest BCUT2D eigenvalue weighted by atomic mass is 32.1. The highest BCUT2D eigenvalue weighted by molar-refractivity contribution is 7.71. The summed E-state index contributed by atoms with van der Waals surface area (Å²) in [7, 11) is 0. The van der Waals surface area contributed by atoms with Crippen LogP contribution in [0.2, 0.25) is 0 Å². The predicted molar refractivity (Wildman–Crippen MR) is 136 cm³/mol. The summed E-state index contributed by atoms with van der Waals surface area (Å²) in [4.78, 5) is 26.8. The molecule has 0 amide bonds. The number of carboxylic acid groups (broad SMARTS) is 1. The molecule has 0 fully saturated rings. The van der Waals surface area contributed by atoms with Gasteiger partial charge in [0.15, 0.2) is 0 Å². The van der Waals surface area contributed by atoms with Crippen molar-refractivity contribution in [3.05, 3.63) is 133 Å². The van der Waals surface area contributed by atoms with Crippen molar-refractivity contribution in [3.63, 3.8) is 0 Å². The maximum atomic E-state index is 12.8. The van der Waals surface area contributed by atoms with Crippen molar-refractivity contribution in [1.82, 2.24) is 9.55 Å². The first-order chi connectivity index (χ1) is 16.5. The summed E-state index contributed by atoms with van der Waals surface area (Å²) >= 11 is 5.66. The molecule has 0 aliphatic heterocycles. The molecule has 4 aromatic rings. The number of nitrogens with one attached hydrogen (secondary N) is 1. The van der Waals surface area contributed by atoms with Crippen molar-refractivity contribution in [1.29, 1.82) is 0 Å². The molecule has 1 aliphatic rings. The molecule has 1 aromatic heterocycles. The summed E-state index contributed by atoms with van der Waals surface area (Å²) in [5.41, 5.74) is 6.55. The van der Waals surface area contributed by atoms with Crippen molar-refractivity contribution in [2.45, 2.75) is 18.9 Å². The third kappa shape index (κ3) is 4.28. The van der Waals surface area contributed by atoms with Crippen LogP contribution < -0.4 is 5.69 Å². The van der Waals surface area contributed by atoms with Gasteiger partial charge in [0.1, 0.15) is 4.64 Å². The molecular weight excluding hydrogens is 444 g/mol. The molecule has 0 spiro atoms. The highest BCUT2D eigenvalue weighted by Crippen LogP contribution is 2.39. The van der Waals surface area contributed by atoms with Crippen LogP contribution in [-0.4, -0.2) is 20.6 Å². The minimum atomic E-state index is -0.889. The van der Waals surface area contributed by atoms with Gasteiger partial charge < -0.3 is 5.11 Å². The lowest BCUT2D eigenvalue weighted by atomic mass is 9.83. The third-order valence-electron chi connectivity index (χ3n) is 6.11. The Morgan fingerprint density at radius 1 is 0.882 bits per heavy atom. The van der Waals surface area contributed by atoms with Crippen LogP contribution in [0.5, 0.6) is 0 Å². The van der Waals surface area contributed by atoms with Gasteiger partial charge in [-0.1, -0.05) is 97.2 Å². The van der Waals surface area contributed by atoms with Crippen LogP contribution in [0.3, 0.4) is 0 Å². The number of carbonyl (C=O) groups is 1. The van der Waals surface area contributed by atoms with Crippen LogP contribution in [0.1, 0.15) is 44.9 Å². The van der Waals surface area contributed by atoms with E-state index in [-0.39, 0.29) is 18.0 Å². The van der Waals surface area contributed by atoms with Crippen molar-refractivity contribution >= 4 is 30.3 Å². The molecule has 0 radical (unpaired) electrons. The molecule has 0 bridgehead atoms. The van der Waals surface area contributed by atoms with E-state index in [0.29, 0.717) is 16.7 Å². The fourth-order valence-corrected chi connectivity index (χ4v) is 4.85. The molecule has 0 saturated carbocycles. The lowest BCUT2D eigenvalue weighted by Gasteiger charge is -2.22. The predicted octanol–water partition coefficient (Wildman–Crippen LogP) is 5.25. The molecule has 1 aliphatic carbocycles. The van der Waals surface area contributed by atoms with Crippen molar-refractivity contribution < 1.29 is 9.90 Å². The zero-order valence-electron chi connectivity index (χ0n) is 18.3. The summed E-state index contributed by atoms with van der Waals surface area (Å²) in [5, 5.41) is 9.11. The number of aromatic amines is 1. The fourth-order valence-electron chi connectivity index (χ4n) is 4.59. The number of nitrogens with zero attached hydrogens (tertiary/aromatic N) is 1. The number of aliphatic carboxylic acids is 1. The van der Waals surface area contributed by atoms with Gasteiger partial charge in [-0.2, -0.15) is 0 Å². The van der Waals surface area contributed by atoms with Gasteiger partial charge in [0.05, 0.1) is 13.0 Å². The number of hydrogen-bond donors (Lipinski definition) is 2. The Kier molecular flexibility index (Phi) is 5.82. The zero-order valence-corrected chi connectivity index (χ0v) is 19.1. The highest BCUT2D eigenvalue weighted by Gasteiger charge is 2.25. The van der Waals surface area contributed by atoms with E-state index in [0.717, 1.165) is 33.4 Å². The molecule has 0 atom stereocenters. The van der Waals surface area contributed by atoms with Crippen molar-refractivity contribution in [3.8, 4) is 0 Å². The van der Waals surface area contributed by atoms with Crippen LogP contribution in [-0.2, 0) is 17.8 Å². The van der Waals surface area contributed by atoms with Crippen LogP contribution in [0.25, 0.3) is 12.2 Å². The van der Waals surface area contributed by atoms with E-state index < -0.39 is 5.97 Å². The number of rotatable bonds is 5. The average molecular weight is 467 g/mol. The van der Waals surface area contributed by atoms with Gasteiger partial charge in [-0.15, -0.1) is 0 Å². The smallest absolute Gasteiger partial charge is 0.326 e. The van der Waals surface area contributed by atoms with E-state index in [9.17, 15) is 9.59 Å². The Hall–Kier alpha value is -4.03. The molecule has 5 nitrogen and oxygen atoms in total. The molecule has 1 heterocycles. The Bertz CT molecular complexity index is 1500. The second kappa shape index (κ2) is 9.08. The maximum absolute atomic E-state index is 12.8. The monoisotopic (exact) mass is 466 g/mol. The Morgan fingerprint density at radius 2 is 1.50 bits per heavy atom. The second-order valence-corrected chi connectivity index (χ2v) is 8.79. The molecule has 34 heavy (non-hydrogen) atoms. The fraction of sp³-hybridized carbons (Fsp3) is 0.107. The molecule has 5 rings (SSSR count). The average Bonchev–Trinajstić information content (AvgIpc) is 2.98. The minimum Gasteiger partial charge on any atom is -0.481 e. The molecule has 0 saturated heterocycles. The van der Waals surface area contributed by atoms with E-state index in [1.807, 2.05) is 48.7 Å². The van der Waals surface area contributed by atoms with Gasteiger partial charge in [-0.05, 0) is 33.4 Å². The van der Waals surface area contributed by atoms with Gasteiger partial charge >= 0.3 is 11.7 Å². The minimum absolute atomic E-state index is 0.0617. The van der Waals surface area contributed by atoms with Gasteiger partial charge in [0, 0.05) is 17.7 Å². The molecule has 2 N–H and O–H groups in total. The molecule has 168 valence electrons. The Morgan fingerprint density at radius 3 is 2.15 bits per heavy atom. The van der Waals surface area contributed by atoms with Gasteiger partial charge in [-0.3, -0.25) is 14.3 Å². The van der Waals surface area contributed by atoms with Gasteiger partial charge in [0.25, 0.3) is 0 Å². The SMILES string of the molecule is O=C(O)Cc1cccc(Cn2cc(C3c4ccccc4C=Cc4ccccc43)c(=S)[nH]c2=O)c1. The van der Waals surface area contributed by atoms with Crippen LogP contribution in [0, 0.1) is 4.64 Å². The third-order valence-corrected chi connectivity index (χ3v) is 6.44. The lowest BCUT2D eigenvalue weighted by Crippen LogP contribution is -2.25. The van der Waals surface area contributed by atoms with Crippen LogP contribution >= 0.6 is 12.2 Å². The summed E-state index contributed by atoms with van der Waals surface area (Å²) in [6.07, 6.45) is 6.01. The van der Waals surface area contributed by atoms with Gasteiger partial charge in [-0.25, -0.2) is 4.79 Å². The van der Waals surface area contributed by atoms with E-state index in [1.54, 1.807) is 10.6 Å². The molecule has 3 aromatic carbocycles. The molecular formula is C28H22N2O3S. The summed E-state index contributed by atoms with van der Waals surface area (Å²) < 4.78 is 2.02. The summed E-state index contributed by atoms with van der Waals surface area (Å²) in [5.74, 6) is -1.03. The normalized spacial score (nSPS) is 12.6. The first-order valence-electron chi connectivity index (χ1n) is 11.0. The first kappa shape index (κ1) is 21.8. The van der Waals surface area contributed by atoms with E-state index in [1.165, 1.54) is 0 Å². The van der Waals surface area contributed by atoms with E-state index in [2.05, 4.69) is 41.4 Å². The number of H-pyrrole nitrogens is 1. The van der Waals surface area contributed by atoms with Crippen molar-refractivity contribution in [2.24, 2.45) is 0 Å². The number of hydrogen-bond acceptors (Lipinski definition) is 3. The Balaban J connectivity index is 1.63. The van der Waals surface area contributed by atoms with E-state index >= 15 is 0 Å². The topological polar surface area (TPSA) is 75.1 Å². The van der Waals surface area contributed by atoms with Crippen LogP contribution in [0.15, 0.2) is 83.8 Å². The molecule has 0 unspecified atom stereocenters. The Labute approximate surface area is 201 Å². The number of benzene rings is 3. The molecule has 6 heteroatoms.